The van der Waals surface area contributed by atoms with E-state index in [-0.39, 0.29) is 5.75 Å². The van der Waals surface area contributed by atoms with E-state index in [9.17, 15) is 13.2 Å². The first-order chi connectivity index (χ1) is 18.8. The molecule has 39 heavy (non-hydrogen) atoms. The van der Waals surface area contributed by atoms with Gasteiger partial charge >= 0.3 is 6.36 Å². The average molecular weight is 553 g/mol. The molecule has 0 amide bonds. The zero-order chi connectivity index (χ0) is 27.4. The molecule has 1 aromatic heterocycles. The number of fused-ring (bicyclic) bond motifs is 1. The molecule has 4 aromatic rings. The van der Waals surface area contributed by atoms with Gasteiger partial charge in [-0.25, -0.2) is 9.97 Å². The number of aromatic nitrogens is 2. The van der Waals surface area contributed by atoms with Gasteiger partial charge in [0.1, 0.15) is 5.75 Å². The average Bonchev–Trinajstić information content (AvgIpc) is 2.92. The summed E-state index contributed by atoms with van der Waals surface area (Å²) in [6.07, 6.45) is 4.14. The highest BCUT2D eigenvalue weighted by Gasteiger charge is 2.32. The van der Waals surface area contributed by atoms with Crippen LogP contribution in [0.2, 0.25) is 0 Å². The predicted octanol–water partition coefficient (Wildman–Crippen LogP) is 8.93. The molecule has 0 aliphatic heterocycles. The maximum atomic E-state index is 12.7. The molecule has 1 aliphatic rings. The molecule has 204 valence electrons. The van der Waals surface area contributed by atoms with Gasteiger partial charge in [-0.3, -0.25) is 0 Å². The Labute approximate surface area is 230 Å². The fourth-order valence-electron chi connectivity index (χ4n) is 5.05. The Morgan fingerprint density at radius 2 is 1.82 bits per heavy atom. The molecule has 5 rings (SSSR count). The summed E-state index contributed by atoms with van der Waals surface area (Å²) in [5.74, 6) is 0.460. The molecule has 9 heteroatoms. The van der Waals surface area contributed by atoms with E-state index in [1.807, 2.05) is 31.3 Å². The molecule has 0 unspecified atom stereocenters. The number of para-hydroxylation sites is 1. The highest BCUT2D eigenvalue weighted by Crippen LogP contribution is 2.35. The largest absolute Gasteiger partial charge is 0.573 e. The molecule has 1 heterocycles. The highest BCUT2D eigenvalue weighted by atomic mass is 32.2. The second kappa shape index (κ2) is 11.7. The van der Waals surface area contributed by atoms with Crippen molar-refractivity contribution in [3.8, 4) is 16.9 Å². The minimum Gasteiger partial charge on any atom is -0.405 e. The molecular formula is C30H31F3N4OS. The molecule has 0 saturated heterocycles. The summed E-state index contributed by atoms with van der Waals surface area (Å²) in [6, 6.07) is 16.8. The van der Waals surface area contributed by atoms with Crippen molar-refractivity contribution >= 4 is 34.5 Å². The lowest BCUT2D eigenvalue weighted by molar-refractivity contribution is -0.275. The molecule has 0 radical (unpaired) electrons. The number of hydrogen-bond acceptors (Lipinski definition) is 6. The summed E-state index contributed by atoms with van der Waals surface area (Å²) < 4.78 is 45.5. The van der Waals surface area contributed by atoms with Crippen LogP contribution in [0.5, 0.6) is 5.75 Å². The van der Waals surface area contributed by atoms with E-state index in [1.165, 1.54) is 31.4 Å². The van der Waals surface area contributed by atoms with Gasteiger partial charge in [0.15, 0.2) is 0 Å². The topological polar surface area (TPSA) is 59.1 Å². The van der Waals surface area contributed by atoms with Gasteiger partial charge in [0.25, 0.3) is 0 Å². The number of hydrogen-bond donors (Lipinski definition) is 2. The van der Waals surface area contributed by atoms with Gasteiger partial charge < -0.3 is 14.8 Å². The zero-order valence-electron chi connectivity index (χ0n) is 21.9. The molecule has 0 spiro atoms. The van der Waals surface area contributed by atoms with Crippen molar-refractivity contribution in [2.75, 3.05) is 10.0 Å². The van der Waals surface area contributed by atoms with Crippen LogP contribution in [0.25, 0.3) is 22.0 Å². The van der Waals surface area contributed by atoms with Gasteiger partial charge in [-0.15, -0.1) is 13.2 Å². The fourth-order valence-corrected chi connectivity index (χ4v) is 5.76. The SMILES string of the molecule is CCc1cc(-c2ccc(NSc3ccccc3OC(F)(F)F)cc2C)cc2cnc(NC3CCCCC3)nc12. The summed E-state index contributed by atoms with van der Waals surface area (Å²) in [5, 5.41) is 4.53. The maximum absolute atomic E-state index is 12.7. The Kier molecular flexibility index (Phi) is 8.16. The van der Waals surface area contributed by atoms with Crippen LogP contribution < -0.4 is 14.8 Å². The number of nitrogens with zero attached hydrogens (tertiary/aromatic N) is 2. The van der Waals surface area contributed by atoms with E-state index in [4.69, 9.17) is 4.98 Å². The smallest absolute Gasteiger partial charge is 0.405 e. The standard InChI is InChI=1S/C30H31F3N4OS/c1-3-20-16-21(17-22-18-34-29(36-28(20)22)35-23-9-5-4-6-10-23)25-14-13-24(15-19(25)2)37-39-27-12-8-7-11-26(27)38-30(31,32)33/h7-8,11-18,23,37H,3-6,9-10H2,1-2H3,(H,34,35,36). The Hall–Kier alpha value is -3.46. The first-order valence-electron chi connectivity index (χ1n) is 13.2. The first-order valence-corrected chi connectivity index (χ1v) is 14.1. The molecule has 0 bridgehead atoms. The van der Waals surface area contributed by atoms with Crippen molar-refractivity contribution in [1.29, 1.82) is 0 Å². The van der Waals surface area contributed by atoms with E-state index in [0.717, 1.165) is 70.1 Å². The van der Waals surface area contributed by atoms with Crippen LogP contribution in [0.1, 0.15) is 50.2 Å². The monoisotopic (exact) mass is 552 g/mol. The predicted molar refractivity (Wildman–Crippen MR) is 152 cm³/mol. The van der Waals surface area contributed by atoms with Gasteiger partial charge in [-0.1, -0.05) is 44.4 Å². The quantitative estimate of drug-likeness (QED) is 0.213. The van der Waals surface area contributed by atoms with Gasteiger partial charge in [0.2, 0.25) is 5.95 Å². The van der Waals surface area contributed by atoms with E-state index < -0.39 is 6.36 Å². The van der Waals surface area contributed by atoms with E-state index in [2.05, 4.69) is 38.8 Å². The zero-order valence-corrected chi connectivity index (χ0v) is 22.8. The number of alkyl halides is 3. The number of aryl methyl sites for hydroxylation is 2. The van der Waals surface area contributed by atoms with E-state index >= 15 is 0 Å². The maximum Gasteiger partial charge on any atom is 0.573 e. The third kappa shape index (κ3) is 6.76. The van der Waals surface area contributed by atoms with E-state index in [0.29, 0.717) is 16.9 Å². The Morgan fingerprint density at radius 3 is 2.56 bits per heavy atom. The lowest BCUT2D eigenvalue weighted by Crippen LogP contribution is -2.23. The van der Waals surface area contributed by atoms with Crippen molar-refractivity contribution in [2.45, 2.75) is 69.7 Å². The number of benzene rings is 3. The Balaban J connectivity index is 1.35. The second-order valence-electron chi connectivity index (χ2n) is 9.83. The fraction of sp³-hybridized carbons (Fsp3) is 0.333. The molecule has 1 saturated carbocycles. The summed E-state index contributed by atoms with van der Waals surface area (Å²) in [6.45, 7) is 4.15. The molecule has 3 aromatic carbocycles. The third-order valence-corrected chi connectivity index (χ3v) is 7.87. The van der Waals surface area contributed by atoms with Crippen molar-refractivity contribution in [3.05, 3.63) is 71.9 Å². The first kappa shape index (κ1) is 27.1. The molecular weight excluding hydrogens is 521 g/mol. The molecule has 5 nitrogen and oxygen atoms in total. The van der Waals surface area contributed by atoms with Crippen LogP contribution in [-0.4, -0.2) is 22.4 Å². The number of rotatable bonds is 8. The number of ether oxygens (including phenoxy) is 1. The minimum atomic E-state index is -4.75. The summed E-state index contributed by atoms with van der Waals surface area (Å²) in [4.78, 5) is 9.84. The number of halogens is 3. The lowest BCUT2D eigenvalue weighted by atomic mass is 9.95. The number of nitrogens with one attached hydrogen (secondary N) is 2. The highest BCUT2D eigenvalue weighted by molar-refractivity contribution is 8.00. The summed E-state index contributed by atoms with van der Waals surface area (Å²) in [7, 11) is 0. The van der Waals surface area contributed by atoms with Gasteiger partial charge in [0, 0.05) is 23.3 Å². The van der Waals surface area contributed by atoms with Crippen LogP contribution in [0.15, 0.2) is 65.7 Å². The van der Waals surface area contributed by atoms with Crippen molar-refractivity contribution < 1.29 is 17.9 Å². The third-order valence-electron chi connectivity index (χ3n) is 6.97. The second-order valence-corrected chi connectivity index (χ2v) is 10.7. The Bertz CT molecular complexity index is 1450. The van der Waals surface area contributed by atoms with Gasteiger partial charge in [0.05, 0.1) is 10.4 Å². The summed E-state index contributed by atoms with van der Waals surface area (Å²) in [5.41, 5.74) is 6.11. The van der Waals surface area contributed by atoms with E-state index in [1.54, 1.807) is 12.1 Å². The van der Waals surface area contributed by atoms with Crippen molar-refractivity contribution in [2.24, 2.45) is 0 Å². The van der Waals surface area contributed by atoms with Crippen LogP contribution >= 0.6 is 11.9 Å². The van der Waals surface area contributed by atoms with Gasteiger partial charge in [-0.05, 0) is 96.8 Å². The van der Waals surface area contributed by atoms with Crippen LogP contribution in [0.4, 0.5) is 24.8 Å². The molecule has 1 aliphatic carbocycles. The Morgan fingerprint density at radius 1 is 1.03 bits per heavy atom. The molecule has 2 N–H and O–H groups in total. The van der Waals surface area contributed by atoms with Crippen LogP contribution in [0.3, 0.4) is 0 Å². The van der Waals surface area contributed by atoms with Crippen molar-refractivity contribution in [3.63, 3.8) is 0 Å². The molecule has 1 fully saturated rings. The normalized spacial score (nSPS) is 14.4. The van der Waals surface area contributed by atoms with Crippen LogP contribution in [0, 0.1) is 6.92 Å². The summed E-state index contributed by atoms with van der Waals surface area (Å²) >= 11 is 1.08. The minimum absolute atomic E-state index is 0.238. The lowest BCUT2D eigenvalue weighted by Gasteiger charge is -2.22. The van der Waals surface area contributed by atoms with Crippen molar-refractivity contribution in [1.82, 2.24) is 9.97 Å². The van der Waals surface area contributed by atoms with Crippen LogP contribution in [-0.2, 0) is 6.42 Å². The molecule has 0 atom stereocenters. The van der Waals surface area contributed by atoms with Gasteiger partial charge in [-0.2, -0.15) is 0 Å². The number of anilines is 2.